The lowest BCUT2D eigenvalue weighted by Gasteiger charge is -2.55. The third-order valence-corrected chi connectivity index (χ3v) is 8.77. The number of carbonyl (C=O) groups is 3. The van der Waals surface area contributed by atoms with Crippen molar-refractivity contribution in [2.24, 2.45) is 11.8 Å². The van der Waals surface area contributed by atoms with Crippen molar-refractivity contribution in [1.82, 2.24) is 10.2 Å². The number of hydrogen-bond donors (Lipinski definition) is 2. The van der Waals surface area contributed by atoms with Gasteiger partial charge >= 0.3 is 11.9 Å². The molecule has 1 aromatic carbocycles. The Kier molecular flexibility index (Phi) is 7.42. The molecule has 7 heteroatoms. The summed E-state index contributed by atoms with van der Waals surface area (Å²) in [4.78, 5) is 40.0. The molecule has 6 atom stereocenters. The van der Waals surface area contributed by atoms with E-state index in [2.05, 4.69) is 15.5 Å². The van der Waals surface area contributed by atoms with Gasteiger partial charge in [0.1, 0.15) is 0 Å². The Morgan fingerprint density at radius 1 is 0.886 bits per heavy atom. The fourth-order valence-corrected chi connectivity index (χ4v) is 7.49. The van der Waals surface area contributed by atoms with Gasteiger partial charge in [-0.1, -0.05) is 37.8 Å². The number of piperidine rings is 2. The first-order chi connectivity index (χ1) is 17.0. The molecule has 1 aromatic rings. The molecule has 2 amide bonds. The van der Waals surface area contributed by atoms with Crippen LogP contribution in [0.5, 0.6) is 0 Å². The van der Waals surface area contributed by atoms with E-state index in [9.17, 15) is 14.4 Å². The summed E-state index contributed by atoms with van der Waals surface area (Å²) in [5.41, 5.74) is 0.701. The predicted molar refractivity (Wildman–Crippen MR) is 134 cm³/mol. The van der Waals surface area contributed by atoms with Gasteiger partial charge in [0.15, 0.2) is 0 Å². The number of nitrogens with zero attached hydrogens (tertiary/aromatic N) is 1. The molecule has 5 rings (SSSR count). The van der Waals surface area contributed by atoms with Crippen LogP contribution in [-0.2, 0) is 14.3 Å². The van der Waals surface area contributed by atoms with Gasteiger partial charge in [-0.3, -0.25) is 14.5 Å². The second-order valence-electron chi connectivity index (χ2n) is 11.1. The molecule has 0 radical (unpaired) electrons. The summed E-state index contributed by atoms with van der Waals surface area (Å²) in [5.74, 6) is -0.172. The monoisotopic (exact) mass is 481 g/mol. The topological polar surface area (TPSA) is 87.7 Å². The number of anilines is 1. The van der Waals surface area contributed by atoms with Crippen LogP contribution < -0.4 is 10.6 Å². The average molecular weight is 482 g/mol. The van der Waals surface area contributed by atoms with E-state index >= 15 is 0 Å². The Bertz CT molecular complexity index is 924. The molecule has 2 heterocycles. The maximum absolute atomic E-state index is 13.3. The van der Waals surface area contributed by atoms with Crippen LogP contribution in [0.4, 0.5) is 5.69 Å². The lowest BCUT2D eigenvalue weighted by molar-refractivity contribution is -0.152. The van der Waals surface area contributed by atoms with Gasteiger partial charge in [0.2, 0.25) is 0 Å². The van der Waals surface area contributed by atoms with Gasteiger partial charge in [0.05, 0.1) is 17.9 Å². The zero-order chi connectivity index (χ0) is 24.4. The summed E-state index contributed by atoms with van der Waals surface area (Å²) < 4.78 is 4.77. The summed E-state index contributed by atoms with van der Waals surface area (Å²) in [6, 6.07) is 8.80. The number of esters is 1. The van der Waals surface area contributed by atoms with E-state index in [4.69, 9.17) is 4.74 Å². The zero-order valence-electron chi connectivity index (χ0n) is 20.8. The molecule has 0 unspecified atom stereocenters. The molecule has 2 N–H and O–H groups in total. The van der Waals surface area contributed by atoms with Gasteiger partial charge in [-0.25, -0.2) is 4.79 Å². The van der Waals surface area contributed by atoms with E-state index in [1.165, 1.54) is 57.8 Å². The number of ether oxygens (including phenoxy) is 1. The van der Waals surface area contributed by atoms with Crippen LogP contribution in [0.3, 0.4) is 0 Å². The highest BCUT2D eigenvalue weighted by atomic mass is 16.5. The van der Waals surface area contributed by atoms with E-state index in [1.54, 1.807) is 31.2 Å². The molecule has 190 valence electrons. The van der Waals surface area contributed by atoms with Crippen molar-refractivity contribution in [3.8, 4) is 0 Å². The molecule has 4 aliphatic rings. The Morgan fingerprint density at radius 3 is 2.23 bits per heavy atom. The molecule has 4 fully saturated rings. The number of fused-ring (bicyclic) bond motifs is 4. The van der Waals surface area contributed by atoms with Gasteiger partial charge in [0, 0.05) is 24.2 Å². The van der Waals surface area contributed by atoms with Crippen LogP contribution in [0.25, 0.3) is 0 Å². The van der Waals surface area contributed by atoms with Gasteiger partial charge < -0.3 is 15.4 Å². The van der Waals surface area contributed by atoms with Crippen LogP contribution in [0.2, 0.25) is 0 Å². The van der Waals surface area contributed by atoms with Crippen molar-refractivity contribution < 1.29 is 19.1 Å². The third-order valence-electron chi connectivity index (χ3n) is 8.77. The van der Waals surface area contributed by atoms with Gasteiger partial charge in [-0.2, -0.15) is 0 Å². The van der Waals surface area contributed by atoms with E-state index in [-0.39, 0.29) is 18.6 Å². The maximum Gasteiger partial charge on any atom is 0.397 e. The highest BCUT2D eigenvalue weighted by molar-refractivity contribution is 6.37. The summed E-state index contributed by atoms with van der Waals surface area (Å²) in [5, 5.41) is 5.80. The van der Waals surface area contributed by atoms with Crippen LogP contribution in [0.15, 0.2) is 24.3 Å². The summed E-state index contributed by atoms with van der Waals surface area (Å²) in [6.07, 6.45) is 14.2. The van der Waals surface area contributed by atoms with Crippen LogP contribution in [-0.4, -0.2) is 53.5 Å². The maximum atomic E-state index is 13.3. The molecular formula is C28H39N3O4. The fraction of sp³-hybridized carbons (Fsp3) is 0.679. The van der Waals surface area contributed by atoms with Crippen molar-refractivity contribution in [3.05, 3.63) is 29.8 Å². The largest absolute Gasteiger partial charge is 0.459 e. The van der Waals surface area contributed by atoms with Crippen molar-refractivity contribution >= 4 is 23.5 Å². The summed E-state index contributed by atoms with van der Waals surface area (Å²) in [7, 11) is 0. The smallest absolute Gasteiger partial charge is 0.397 e. The van der Waals surface area contributed by atoms with Gasteiger partial charge in [-0.15, -0.1) is 0 Å². The minimum absolute atomic E-state index is 0.123. The van der Waals surface area contributed by atoms with Crippen LogP contribution >= 0.6 is 0 Å². The summed E-state index contributed by atoms with van der Waals surface area (Å²) in [6.45, 7) is 1.77. The van der Waals surface area contributed by atoms with Crippen molar-refractivity contribution in [1.29, 1.82) is 0 Å². The lowest BCUT2D eigenvalue weighted by atomic mass is 9.68. The van der Waals surface area contributed by atoms with Gasteiger partial charge in [0.25, 0.3) is 5.91 Å². The minimum Gasteiger partial charge on any atom is -0.459 e. The average Bonchev–Trinajstić information content (AvgIpc) is 2.83. The number of para-hydroxylation sites is 1. The van der Waals surface area contributed by atoms with Crippen molar-refractivity contribution in [2.45, 2.75) is 102 Å². The highest BCUT2D eigenvalue weighted by Crippen LogP contribution is 2.45. The van der Waals surface area contributed by atoms with E-state index in [0.29, 0.717) is 23.3 Å². The molecule has 2 aliphatic heterocycles. The van der Waals surface area contributed by atoms with Crippen molar-refractivity contribution in [2.75, 3.05) is 11.9 Å². The van der Waals surface area contributed by atoms with E-state index in [1.807, 2.05) is 0 Å². The second kappa shape index (κ2) is 10.7. The zero-order valence-corrected chi connectivity index (χ0v) is 20.8. The number of hydrogen-bond acceptors (Lipinski definition) is 5. The SMILES string of the molecule is CCOC(=O)C(=O)Nc1ccccc1C(=O)N[C@H]1C[C@H]2CCC[C@@H](C1)N2[C@H]1C[C@@H]2CCC[C@@H](C2)C1. The molecular weight excluding hydrogens is 442 g/mol. The van der Waals surface area contributed by atoms with E-state index in [0.717, 1.165) is 30.7 Å². The number of amides is 2. The fourth-order valence-electron chi connectivity index (χ4n) is 7.49. The standard InChI is InChI=1S/C28H39N3O4/c1-2-35-28(34)27(33)30-25-12-4-3-11-24(25)26(32)29-20-16-21-9-6-10-22(17-20)31(21)23-14-18-7-5-8-19(13-18)15-23/h3-4,11-12,18-23H,2,5-10,13-17H2,1H3,(H,29,32)(H,30,33)/t18-,19+,20-,21+,22-,23+. The molecule has 0 aromatic heterocycles. The molecule has 2 aliphatic carbocycles. The quantitative estimate of drug-likeness (QED) is 0.484. The Labute approximate surface area is 208 Å². The third kappa shape index (κ3) is 5.40. The number of nitrogens with one attached hydrogen (secondary N) is 2. The Morgan fingerprint density at radius 2 is 1.54 bits per heavy atom. The summed E-state index contributed by atoms with van der Waals surface area (Å²) >= 11 is 0. The molecule has 2 saturated carbocycles. The number of benzene rings is 1. The molecule has 0 spiro atoms. The van der Waals surface area contributed by atoms with Crippen molar-refractivity contribution in [3.63, 3.8) is 0 Å². The predicted octanol–water partition coefficient (Wildman–Crippen LogP) is 4.27. The first-order valence-corrected chi connectivity index (χ1v) is 13.7. The molecule has 4 bridgehead atoms. The number of rotatable bonds is 5. The Hall–Kier alpha value is -2.41. The lowest BCUT2D eigenvalue weighted by Crippen LogP contribution is -2.61. The second-order valence-corrected chi connectivity index (χ2v) is 11.1. The van der Waals surface area contributed by atoms with Gasteiger partial charge in [-0.05, 0) is 75.8 Å². The molecule has 35 heavy (non-hydrogen) atoms. The van der Waals surface area contributed by atoms with Crippen LogP contribution in [0.1, 0.15) is 87.9 Å². The minimum atomic E-state index is -0.949. The number of carbonyl (C=O) groups excluding carboxylic acids is 3. The normalized spacial score (nSPS) is 32.4. The first kappa shape index (κ1) is 24.3. The van der Waals surface area contributed by atoms with Crippen LogP contribution in [0, 0.1) is 11.8 Å². The Balaban J connectivity index is 1.23. The highest BCUT2D eigenvalue weighted by Gasteiger charge is 2.45. The first-order valence-electron chi connectivity index (χ1n) is 13.7. The van der Waals surface area contributed by atoms with E-state index < -0.39 is 11.9 Å². The molecule has 7 nitrogen and oxygen atoms in total. The molecule has 2 saturated heterocycles.